The zero-order chi connectivity index (χ0) is 17.9. The van der Waals surface area contributed by atoms with Crippen molar-refractivity contribution in [2.24, 2.45) is 0 Å². The summed E-state index contributed by atoms with van der Waals surface area (Å²) in [6.07, 6.45) is 0.0156. The molecule has 0 radical (unpaired) electrons. The number of hydrogen-bond acceptors (Lipinski definition) is 6. The number of hydrogen-bond donors (Lipinski definition) is 1. The fourth-order valence-corrected chi connectivity index (χ4v) is 1.93. The molecule has 0 saturated heterocycles. The Morgan fingerprint density at radius 3 is 1.92 bits per heavy atom. The second-order valence-electron chi connectivity index (χ2n) is 4.76. The van der Waals surface area contributed by atoms with E-state index in [1.54, 1.807) is 38.1 Å². The van der Waals surface area contributed by atoms with Gasteiger partial charge >= 0.3 is 11.9 Å². The van der Waals surface area contributed by atoms with Gasteiger partial charge in [0.1, 0.15) is 5.75 Å². The number of carbonyl (C=O) groups excluding carboxylic acids is 3. The standard InChI is InChI=1S/C17H23NO6/c1-4-22-13-9-7-12(8-10-13)11-14(19)18-15(16(20)23-5-2)17(21)24-6-3/h7-10,15H,4-6,11H2,1-3H3,(H,18,19). The zero-order valence-corrected chi connectivity index (χ0v) is 14.2. The van der Waals surface area contributed by atoms with Crippen LogP contribution in [0.15, 0.2) is 24.3 Å². The minimum Gasteiger partial charge on any atom is -0.494 e. The van der Waals surface area contributed by atoms with Gasteiger partial charge in [0.2, 0.25) is 11.9 Å². The number of benzene rings is 1. The van der Waals surface area contributed by atoms with Crippen LogP contribution in [-0.2, 0) is 30.3 Å². The summed E-state index contributed by atoms with van der Waals surface area (Å²) in [7, 11) is 0. The lowest BCUT2D eigenvalue weighted by Crippen LogP contribution is -2.48. The molecule has 0 spiro atoms. The topological polar surface area (TPSA) is 90.9 Å². The van der Waals surface area contributed by atoms with Crippen molar-refractivity contribution in [3.63, 3.8) is 0 Å². The maximum absolute atomic E-state index is 12.1. The number of nitrogens with one attached hydrogen (secondary N) is 1. The average molecular weight is 337 g/mol. The van der Waals surface area contributed by atoms with Gasteiger partial charge in [-0.25, -0.2) is 9.59 Å². The third-order valence-corrected chi connectivity index (χ3v) is 2.95. The van der Waals surface area contributed by atoms with Crippen molar-refractivity contribution in [2.45, 2.75) is 33.2 Å². The summed E-state index contributed by atoms with van der Waals surface area (Å²) in [5, 5.41) is 2.36. The molecule has 24 heavy (non-hydrogen) atoms. The molecule has 0 saturated carbocycles. The molecule has 1 aromatic rings. The van der Waals surface area contributed by atoms with Crippen molar-refractivity contribution in [3.05, 3.63) is 29.8 Å². The van der Waals surface area contributed by atoms with Crippen LogP contribution in [0.5, 0.6) is 5.75 Å². The lowest BCUT2D eigenvalue weighted by atomic mass is 10.1. The lowest BCUT2D eigenvalue weighted by Gasteiger charge is -2.16. The Morgan fingerprint density at radius 1 is 0.917 bits per heavy atom. The number of rotatable bonds is 9. The summed E-state index contributed by atoms with van der Waals surface area (Å²) in [5.41, 5.74) is 0.724. The van der Waals surface area contributed by atoms with Gasteiger partial charge in [-0.2, -0.15) is 0 Å². The van der Waals surface area contributed by atoms with Gasteiger partial charge in [0.15, 0.2) is 0 Å². The van der Waals surface area contributed by atoms with Crippen LogP contribution in [0, 0.1) is 0 Å². The maximum Gasteiger partial charge on any atom is 0.340 e. The molecule has 0 aromatic heterocycles. The van der Waals surface area contributed by atoms with Gasteiger partial charge in [-0.3, -0.25) is 4.79 Å². The highest BCUT2D eigenvalue weighted by Gasteiger charge is 2.31. The largest absolute Gasteiger partial charge is 0.494 e. The van der Waals surface area contributed by atoms with E-state index < -0.39 is 23.9 Å². The molecule has 0 unspecified atom stereocenters. The van der Waals surface area contributed by atoms with E-state index >= 15 is 0 Å². The molecular formula is C17H23NO6. The summed E-state index contributed by atoms with van der Waals surface area (Å²) >= 11 is 0. The second kappa shape index (κ2) is 10.3. The van der Waals surface area contributed by atoms with Crippen molar-refractivity contribution >= 4 is 17.8 Å². The van der Waals surface area contributed by atoms with Crippen molar-refractivity contribution in [1.29, 1.82) is 0 Å². The first-order valence-electron chi connectivity index (χ1n) is 7.86. The van der Waals surface area contributed by atoms with Crippen LogP contribution in [-0.4, -0.2) is 43.7 Å². The predicted octanol–water partition coefficient (Wildman–Crippen LogP) is 1.24. The molecule has 1 N–H and O–H groups in total. The van der Waals surface area contributed by atoms with Crippen LogP contribution in [0.4, 0.5) is 0 Å². The summed E-state index contributed by atoms with van der Waals surface area (Å²) in [5.74, 6) is -1.45. The fraction of sp³-hybridized carbons (Fsp3) is 0.471. The minimum atomic E-state index is -1.46. The van der Waals surface area contributed by atoms with Crippen LogP contribution in [0.3, 0.4) is 0 Å². The monoisotopic (exact) mass is 337 g/mol. The van der Waals surface area contributed by atoms with Gasteiger partial charge in [-0.05, 0) is 38.5 Å². The molecule has 0 aliphatic carbocycles. The highest BCUT2D eigenvalue weighted by Crippen LogP contribution is 2.12. The van der Waals surface area contributed by atoms with E-state index in [1.807, 2.05) is 6.92 Å². The van der Waals surface area contributed by atoms with Crippen LogP contribution in [0.25, 0.3) is 0 Å². The molecule has 0 aliphatic rings. The van der Waals surface area contributed by atoms with Crippen LogP contribution in [0.1, 0.15) is 26.3 Å². The normalized spacial score (nSPS) is 10.2. The quantitative estimate of drug-likeness (QED) is 0.538. The summed E-state index contributed by atoms with van der Waals surface area (Å²) in [4.78, 5) is 35.7. The van der Waals surface area contributed by atoms with Gasteiger partial charge in [0.05, 0.1) is 26.2 Å². The van der Waals surface area contributed by atoms with E-state index in [0.29, 0.717) is 12.4 Å². The van der Waals surface area contributed by atoms with Gasteiger partial charge in [-0.1, -0.05) is 12.1 Å². The number of amides is 1. The van der Waals surface area contributed by atoms with E-state index in [0.717, 1.165) is 5.56 Å². The summed E-state index contributed by atoms with van der Waals surface area (Å²) in [6, 6.07) is 5.53. The average Bonchev–Trinajstić information content (AvgIpc) is 2.55. The van der Waals surface area contributed by atoms with Crippen molar-refractivity contribution in [1.82, 2.24) is 5.32 Å². The number of carbonyl (C=O) groups is 3. The Kier molecular flexibility index (Phi) is 8.32. The van der Waals surface area contributed by atoms with E-state index in [-0.39, 0.29) is 19.6 Å². The predicted molar refractivity (Wildman–Crippen MR) is 86.5 cm³/mol. The second-order valence-corrected chi connectivity index (χ2v) is 4.76. The number of esters is 2. The highest BCUT2D eigenvalue weighted by atomic mass is 16.6. The molecule has 0 fully saturated rings. The molecule has 0 aliphatic heterocycles. The molecule has 7 heteroatoms. The first-order chi connectivity index (χ1) is 11.5. The minimum absolute atomic E-state index is 0.0156. The first-order valence-corrected chi connectivity index (χ1v) is 7.86. The van der Waals surface area contributed by atoms with E-state index in [1.165, 1.54) is 0 Å². The zero-order valence-electron chi connectivity index (χ0n) is 14.2. The van der Waals surface area contributed by atoms with Gasteiger partial charge in [-0.15, -0.1) is 0 Å². The van der Waals surface area contributed by atoms with Crippen LogP contribution in [0.2, 0.25) is 0 Å². The third kappa shape index (κ3) is 6.28. The molecule has 1 aromatic carbocycles. The third-order valence-electron chi connectivity index (χ3n) is 2.95. The Labute approximate surface area is 141 Å². The molecule has 7 nitrogen and oxygen atoms in total. The van der Waals surface area contributed by atoms with Crippen LogP contribution >= 0.6 is 0 Å². The Balaban J connectivity index is 2.69. The van der Waals surface area contributed by atoms with Crippen LogP contribution < -0.4 is 10.1 Å². The smallest absolute Gasteiger partial charge is 0.340 e. The Morgan fingerprint density at radius 2 is 1.46 bits per heavy atom. The van der Waals surface area contributed by atoms with Gasteiger partial charge in [0.25, 0.3) is 0 Å². The maximum atomic E-state index is 12.1. The highest BCUT2D eigenvalue weighted by molar-refractivity contribution is 6.02. The van der Waals surface area contributed by atoms with E-state index in [4.69, 9.17) is 14.2 Å². The summed E-state index contributed by atoms with van der Waals surface area (Å²) < 4.78 is 14.9. The fourth-order valence-electron chi connectivity index (χ4n) is 1.93. The van der Waals surface area contributed by atoms with Gasteiger partial charge in [0, 0.05) is 0 Å². The van der Waals surface area contributed by atoms with E-state index in [9.17, 15) is 14.4 Å². The molecule has 132 valence electrons. The summed E-state index contributed by atoms with van der Waals surface area (Å²) in [6.45, 7) is 5.86. The Bertz CT molecular complexity index is 537. The Hall–Kier alpha value is -2.57. The van der Waals surface area contributed by atoms with Crippen molar-refractivity contribution in [3.8, 4) is 5.75 Å². The molecule has 1 rings (SSSR count). The molecule has 0 heterocycles. The van der Waals surface area contributed by atoms with Gasteiger partial charge < -0.3 is 19.5 Å². The number of ether oxygens (including phenoxy) is 3. The van der Waals surface area contributed by atoms with Crippen molar-refractivity contribution in [2.75, 3.05) is 19.8 Å². The molecular weight excluding hydrogens is 314 g/mol. The molecule has 0 bridgehead atoms. The lowest BCUT2D eigenvalue weighted by molar-refractivity contribution is -0.159. The molecule has 1 amide bonds. The van der Waals surface area contributed by atoms with E-state index in [2.05, 4.69) is 5.32 Å². The SMILES string of the molecule is CCOC(=O)C(NC(=O)Cc1ccc(OCC)cc1)C(=O)OCC. The molecule has 0 atom stereocenters. The first kappa shape index (κ1) is 19.5. The van der Waals surface area contributed by atoms with Crippen molar-refractivity contribution < 1.29 is 28.6 Å².